The maximum absolute atomic E-state index is 6.70. The van der Waals surface area contributed by atoms with E-state index in [0.717, 1.165) is 26.9 Å². The SMILES string of the molecule is CC1(C)COP2(Oc3cccc4cccnc34)(OC1)Oc1c(c3ccccc3c3ccccc13)O2. The monoisotopic (exact) mass is 485 g/mol. The Hall–Kier alpha value is -3.44. The normalized spacial score (nSPS) is 20.6. The second-order valence-electron chi connectivity index (χ2n) is 9.81. The number of benzene rings is 4. The molecule has 0 bridgehead atoms. The summed E-state index contributed by atoms with van der Waals surface area (Å²) in [7, 11) is -4.60. The molecule has 0 amide bonds. The van der Waals surface area contributed by atoms with Crippen LogP contribution in [0.4, 0.5) is 0 Å². The molecule has 0 unspecified atom stereocenters. The van der Waals surface area contributed by atoms with Crippen molar-refractivity contribution >= 4 is 40.2 Å². The molecule has 2 aliphatic heterocycles. The zero-order valence-electron chi connectivity index (χ0n) is 19.4. The minimum atomic E-state index is -4.60. The molecular weight excluding hydrogens is 461 g/mol. The maximum atomic E-state index is 6.70. The van der Waals surface area contributed by atoms with Crippen LogP contribution in [0.25, 0.3) is 32.4 Å². The van der Waals surface area contributed by atoms with Crippen LogP contribution in [0, 0.1) is 5.41 Å². The quantitative estimate of drug-likeness (QED) is 0.190. The van der Waals surface area contributed by atoms with Gasteiger partial charge in [0.2, 0.25) is 0 Å². The van der Waals surface area contributed by atoms with E-state index in [-0.39, 0.29) is 5.41 Å². The van der Waals surface area contributed by atoms with Crippen LogP contribution in [0.5, 0.6) is 17.2 Å². The van der Waals surface area contributed by atoms with E-state index in [1.54, 1.807) is 6.20 Å². The van der Waals surface area contributed by atoms with Gasteiger partial charge in [-0.2, -0.15) is 0 Å². The van der Waals surface area contributed by atoms with E-state index in [9.17, 15) is 0 Å². The molecule has 0 N–H and O–H groups in total. The molecule has 3 heterocycles. The summed E-state index contributed by atoms with van der Waals surface area (Å²) in [5.41, 5.74) is 0.457. The van der Waals surface area contributed by atoms with E-state index in [2.05, 4.69) is 31.0 Å². The van der Waals surface area contributed by atoms with Crippen LogP contribution in [0.1, 0.15) is 13.8 Å². The van der Waals surface area contributed by atoms with E-state index >= 15 is 0 Å². The fourth-order valence-corrected chi connectivity index (χ4v) is 7.77. The first-order valence-electron chi connectivity index (χ1n) is 11.6. The van der Waals surface area contributed by atoms with Gasteiger partial charge in [-0.3, -0.25) is 0 Å². The van der Waals surface area contributed by atoms with Crippen molar-refractivity contribution in [2.75, 3.05) is 13.2 Å². The van der Waals surface area contributed by atoms with Crippen molar-refractivity contribution in [2.45, 2.75) is 13.8 Å². The topological polar surface area (TPSA) is 59.0 Å². The molecule has 0 aliphatic carbocycles. The van der Waals surface area contributed by atoms with Gasteiger partial charge >= 0.3 is 203 Å². The van der Waals surface area contributed by atoms with Crippen molar-refractivity contribution in [1.82, 2.24) is 4.98 Å². The number of aromatic nitrogens is 1. The zero-order chi connectivity index (χ0) is 23.7. The van der Waals surface area contributed by atoms with Crippen molar-refractivity contribution < 1.29 is 22.6 Å². The Bertz CT molecular complexity index is 1570. The molecule has 1 saturated heterocycles. The van der Waals surface area contributed by atoms with Crippen LogP contribution in [0.2, 0.25) is 0 Å². The summed E-state index contributed by atoms with van der Waals surface area (Å²) in [5, 5.41) is 4.90. The van der Waals surface area contributed by atoms with Gasteiger partial charge in [0, 0.05) is 0 Å². The molecule has 0 radical (unpaired) electrons. The molecule has 2 aliphatic rings. The average molecular weight is 485 g/mol. The second kappa shape index (κ2) is 7.05. The van der Waals surface area contributed by atoms with E-state index < -0.39 is 7.74 Å². The summed E-state index contributed by atoms with van der Waals surface area (Å²) < 4.78 is 33.0. The van der Waals surface area contributed by atoms with Crippen molar-refractivity contribution in [3.05, 3.63) is 85.1 Å². The van der Waals surface area contributed by atoms with Crippen molar-refractivity contribution in [1.29, 1.82) is 0 Å². The molecule has 7 heteroatoms. The standard InChI is InChI=1S/C28H24NO5P/c1-28(2)17-30-35(31-18-28,32-24-15-7-9-19-10-8-16-29-25(19)24)33-26-22-13-5-3-11-20(22)21-12-4-6-14-23(21)27(26)34-35/h3-16H,17-18H2,1-2H3. The fraction of sp³-hybridized carbons (Fsp3) is 0.179. The summed E-state index contributed by atoms with van der Waals surface area (Å²) in [6, 6.07) is 25.8. The Morgan fingerprint density at radius 3 is 1.91 bits per heavy atom. The molecule has 4 aromatic carbocycles. The Labute approximate surface area is 202 Å². The Balaban J connectivity index is 1.47. The zero-order valence-corrected chi connectivity index (χ0v) is 20.3. The summed E-state index contributed by atoms with van der Waals surface area (Å²) >= 11 is 0. The number of para-hydroxylation sites is 1. The molecular formula is C28H24NO5P. The second-order valence-corrected chi connectivity index (χ2v) is 12.4. The van der Waals surface area contributed by atoms with Gasteiger partial charge in [-0.25, -0.2) is 0 Å². The number of hydrogen-bond acceptors (Lipinski definition) is 6. The van der Waals surface area contributed by atoms with Crippen LogP contribution in [0.3, 0.4) is 0 Å². The first-order valence-corrected chi connectivity index (χ1v) is 13.5. The van der Waals surface area contributed by atoms with Gasteiger partial charge < -0.3 is 0 Å². The van der Waals surface area contributed by atoms with Gasteiger partial charge in [0.05, 0.1) is 0 Å². The number of fused-ring (bicyclic) bond motifs is 7. The van der Waals surface area contributed by atoms with E-state index in [1.807, 2.05) is 66.7 Å². The Kier molecular flexibility index (Phi) is 4.21. The molecule has 1 spiro atoms. The van der Waals surface area contributed by atoms with Crippen LogP contribution in [-0.4, -0.2) is 18.2 Å². The predicted molar refractivity (Wildman–Crippen MR) is 138 cm³/mol. The minimum absolute atomic E-state index is 0.227. The molecule has 5 aromatic rings. The average Bonchev–Trinajstić information content (AvgIpc) is 3.23. The third-order valence-corrected chi connectivity index (χ3v) is 9.05. The summed E-state index contributed by atoms with van der Waals surface area (Å²) in [6.07, 6.45) is 1.73. The summed E-state index contributed by atoms with van der Waals surface area (Å²) in [4.78, 5) is 4.55. The number of nitrogens with zero attached hydrogens (tertiary/aromatic N) is 1. The van der Waals surface area contributed by atoms with Crippen molar-refractivity contribution in [3.63, 3.8) is 0 Å². The summed E-state index contributed by atoms with van der Waals surface area (Å²) in [5.74, 6) is 1.64. The fourth-order valence-electron chi connectivity index (χ4n) is 4.72. The first kappa shape index (κ1) is 20.9. The Morgan fingerprint density at radius 2 is 1.29 bits per heavy atom. The van der Waals surface area contributed by atoms with Gasteiger partial charge in [0.15, 0.2) is 0 Å². The predicted octanol–water partition coefficient (Wildman–Crippen LogP) is 7.59. The molecule has 0 atom stereocenters. The number of rotatable bonds is 2. The van der Waals surface area contributed by atoms with Crippen LogP contribution < -0.4 is 13.6 Å². The van der Waals surface area contributed by atoms with Gasteiger partial charge in [0.1, 0.15) is 0 Å². The third-order valence-electron chi connectivity index (χ3n) is 6.50. The van der Waals surface area contributed by atoms with Crippen molar-refractivity contribution in [3.8, 4) is 17.2 Å². The molecule has 7 rings (SSSR count). The van der Waals surface area contributed by atoms with E-state index in [1.165, 1.54) is 0 Å². The molecule has 0 saturated carbocycles. The third kappa shape index (κ3) is 3.11. The molecule has 35 heavy (non-hydrogen) atoms. The van der Waals surface area contributed by atoms with E-state index in [0.29, 0.717) is 36.0 Å². The number of hydrogen-bond donors (Lipinski definition) is 0. The van der Waals surface area contributed by atoms with Crippen LogP contribution in [0.15, 0.2) is 85.1 Å². The van der Waals surface area contributed by atoms with Crippen LogP contribution >= 0.6 is 7.74 Å². The molecule has 176 valence electrons. The van der Waals surface area contributed by atoms with E-state index in [4.69, 9.17) is 22.6 Å². The molecule has 1 aromatic heterocycles. The number of pyridine rings is 1. The van der Waals surface area contributed by atoms with Gasteiger partial charge in [0.25, 0.3) is 0 Å². The summed E-state index contributed by atoms with van der Waals surface area (Å²) in [6.45, 7) is 4.86. The van der Waals surface area contributed by atoms with Gasteiger partial charge in [-0.05, 0) is 0 Å². The van der Waals surface area contributed by atoms with Gasteiger partial charge in [-0.15, -0.1) is 0 Å². The first-order chi connectivity index (χ1) is 16.9. The molecule has 1 fully saturated rings. The molecule has 6 nitrogen and oxygen atoms in total. The Morgan fingerprint density at radius 1 is 0.714 bits per heavy atom. The van der Waals surface area contributed by atoms with Crippen molar-refractivity contribution in [2.24, 2.45) is 5.41 Å². The van der Waals surface area contributed by atoms with Gasteiger partial charge in [-0.1, -0.05) is 0 Å². The van der Waals surface area contributed by atoms with Crippen LogP contribution in [-0.2, 0) is 9.05 Å².